The highest BCUT2D eigenvalue weighted by molar-refractivity contribution is 6.04. The summed E-state index contributed by atoms with van der Waals surface area (Å²) in [6.07, 6.45) is 4.15. The summed E-state index contributed by atoms with van der Waals surface area (Å²) < 4.78 is 1.97. The van der Waals surface area contributed by atoms with E-state index in [1.54, 1.807) is 4.90 Å². The number of pyridine rings is 1. The van der Waals surface area contributed by atoms with E-state index in [9.17, 15) is 9.59 Å². The van der Waals surface area contributed by atoms with Crippen molar-refractivity contribution < 1.29 is 9.59 Å². The Morgan fingerprint density at radius 1 is 1.00 bits per heavy atom. The van der Waals surface area contributed by atoms with Gasteiger partial charge in [0.2, 0.25) is 11.8 Å². The minimum absolute atomic E-state index is 0.0198. The minimum Gasteiger partial charge on any atom is -0.326 e. The van der Waals surface area contributed by atoms with Crippen molar-refractivity contribution in [1.82, 2.24) is 9.38 Å². The normalized spacial score (nSPS) is 15.9. The molecule has 1 fully saturated rings. The lowest BCUT2D eigenvalue weighted by Crippen LogP contribution is -2.28. The average molecular weight is 439 g/mol. The second-order valence-corrected chi connectivity index (χ2v) is 8.79. The molecule has 0 spiro atoms. The van der Waals surface area contributed by atoms with E-state index in [-0.39, 0.29) is 18.2 Å². The second-order valence-electron chi connectivity index (χ2n) is 8.79. The molecule has 166 valence electrons. The Labute approximate surface area is 192 Å². The molecule has 1 saturated heterocycles. The Kier molecular flexibility index (Phi) is 5.21. The summed E-state index contributed by atoms with van der Waals surface area (Å²) in [7, 11) is 0. The summed E-state index contributed by atoms with van der Waals surface area (Å²) in [5.74, 6) is -0.545. The van der Waals surface area contributed by atoms with Gasteiger partial charge in [0.1, 0.15) is 5.65 Å². The minimum atomic E-state index is -0.391. The molecule has 2 amide bonds. The van der Waals surface area contributed by atoms with Crippen LogP contribution in [-0.4, -0.2) is 27.7 Å². The summed E-state index contributed by atoms with van der Waals surface area (Å²) in [5.41, 5.74) is 7.51. The van der Waals surface area contributed by atoms with E-state index in [2.05, 4.69) is 10.3 Å². The first-order valence-corrected chi connectivity index (χ1v) is 11.1. The van der Waals surface area contributed by atoms with Gasteiger partial charge in [0.25, 0.3) is 0 Å². The number of imidazole rings is 1. The van der Waals surface area contributed by atoms with Crippen LogP contribution in [0.4, 0.5) is 11.4 Å². The third-order valence-corrected chi connectivity index (χ3v) is 6.45. The van der Waals surface area contributed by atoms with Crippen LogP contribution in [0.5, 0.6) is 0 Å². The molecule has 1 aliphatic heterocycles. The molecule has 3 heterocycles. The van der Waals surface area contributed by atoms with Gasteiger partial charge < -0.3 is 14.6 Å². The number of hydrogen-bond donors (Lipinski definition) is 1. The van der Waals surface area contributed by atoms with Crippen molar-refractivity contribution in [2.24, 2.45) is 5.92 Å². The first-order valence-electron chi connectivity index (χ1n) is 11.1. The number of aromatic nitrogens is 2. The molecule has 0 bridgehead atoms. The number of benzene rings is 2. The van der Waals surface area contributed by atoms with Gasteiger partial charge >= 0.3 is 0 Å². The van der Waals surface area contributed by atoms with E-state index in [4.69, 9.17) is 0 Å². The molecule has 1 aliphatic rings. The van der Waals surface area contributed by atoms with E-state index in [1.165, 1.54) is 5.56 Å². The van der Waals surface area contributed by atoms with Gasteiger partial charge in [-0.15, -0.1) is 0 Å². The Morgan fingerprint density at radius 3 is 2.61 bits per heavy atom. The highest BCUT2D eigenvalue weighted by Crippen LogP contribution is 2.29. The number of carbonyl (C=O) groups is 2. The molecule has 5 rings (SSSR count). The maximum atomic E-state index is 13.1. The van der Waals surface area contributed by atoms with E-state index in [0.29, 0.717) is 6.54 Å². The third-order valence-electron chi connectivity index (χ3n) is 6.45. The number of carbonyl (C=O) groups excluding carboxylic acids is 2. The smallest absolute Gasteiger partial charge is 0.229 e. The molecule has 1 N–H and O–H groups in total. The molecule has 33 heavy (non-hydrogen) atoms. The molecule has 2 aromatic carbocycles. The van der Waals surface area contributed by atoms with Gasteiger partial charge in [0, 0.05) is 42.3 Å². The second kappa shape index (κ2) is 8.20. The first kappa shape index (κ1) is 20.9. The predicted octanol–water partition coefficient (Wildman–Crippen LogP) is 4.92. The van der Waals surface area contributed by atoms with Crippen LogP contribution in [0.3, 0.4) is 0 Å². The molecule has 0 aliphatic carbocycles. The SMILES string of the molecule is Cc1ccc(N2C[C@@H](C(=O)Nc3cc(-c4cn5ccccc5n4)ccc3C)CC2=O)cc1C. The van der Waals surface area contributed by atoms with Gasteiger partial charge in [-0.3, -0.25) is 9.59 Å². The van der Waals surface area contributed by atoms with Gasteiger partial charge in [-0.05, 0) is 67.8 Å². The van der Waals surface area contributed by atoms with Gasteiger partial charge in [0.05, 0.1) is 11.6 Å². The molecule has 1 atom stereocenters. The van der Waals surface area contributed by atoms with Crippen LogP contribution in [0.15, 0.2) is 67.0 Å². The van der Waals surface area contributed by atoms with E-state index < -0.39 is 5.92 Å². The Balaban J connectivity index is 1.35. The highest BCUT2D eigenvalue weighted by atomic mass is 16.2. The van der Waals surface area contributed by atoms with Crippen molar-refractivity contribution in [3.8, 4) is 11.3 Å². The van der Waals surface area contributed by atoms with E-state index >= 15 is 0 Å². The maximum Gasteiger partial charge on any atom is 0.229 e. The van der Waals surface area contributed by atoms with Crippen molar-refractivity contribution in [1.29, 1.82) is 0 Å². The van der Waals surface area contributed by atoms with E-state index in [1.807, 2.05) is 92.2 Å². The Morgan fingerprint density at radius 2 is 1.82 bits per heavy atom. The average Bonchev–Trinajstić information content (AvgIpc) is 3.41. The molecule has 2 aromatic heterocycles. The number of amides is 2. The lowest BCUT2D eigenvalue weighted by atomic mass is 10.1. The van der Waals surface area contributed by atoms with Crippen LogP contribution >= 0.6 is 0 Å². The van der Waals surface area contributed by atoms with Crippen molar-refractivity contribution in [3.63, 3.8) is 0 Å². The number of hydrogen-bond acceptors (Lipinski definition) is 3. The summed E-state index contributed by atoms with van der Waals surface area (Å²) in [6, 6.07) is 17.8. The Bertz CT molecular complexity index is 1360. The largest absolute Gasteiger partial charge is 0.326 e. The zero-order chi connectivity index (χ0) is 23.1. The van der Waals surface area contributed by atoms with Gasteiger partial charge in [-0.25, -0.2) is 4.98 Å². The quantitative estimate of drug-likeness (QED) is 0.492. The fraction of sp³-hybridized carbons (Fsp3) is 0.222. The van der Waals surface area contributed by atoms with Crippen LogP contribution in [0.2, 0.25) is 0 Å². The molecule has 6 heteroatoms. The van der Waals surface area contributed by atoms with Gasteiger partial charge in [0.15, 0.2) is 0 Å². The van der Waals surface area contributed by atoms with Crippen LogP contribution in [0, 0.1) is 26.7 Å². The lowest BCUT2D eigenvalue weighted by Gasteiger charge is -2.18. The molecule has 6 nitrogen and oxygen atoms in total. The van der Waals surface area contributed by atoms with Crippen LogP contribution in [-0.2, 0) is 9.59 Å². The van der Waals surface area contributed by atoms with Gasteiger partial charge in [-0.2, -0.15) is 0 Å². The number of fused-ring (bicyclic) bond motifs is 1. The van der Waals surface area contributed by atoms with Crippen molar-refractivity contribution in [3.05, 3.63) is 83.7 Å². The van der Waals surface area contributed by atoms with Crippen molar-refractivity contribution in [2.45, 2.75) is 27.2 Å². The third kappa shape index (κ3) is 4.00. The fourth-order valence-corrected chi connectivity index (χ4v) is 4.25. The number of anilines is 2. The van der Waals surface area contributed by atoms with Crippen LogP contribution < -0.4 is 10.2 Å². The fourth-order valence-electron chi connectivity index (χ4n) is 4.25. The lowest BCUT2D eigenvalue weighted by molar-refractivity contribution is -0.122. The highest BCUT2D eigenvalue weighted by Gasteiger charge is 2.35. The number of nitrogens with one attached hydrogen (secondary N) is 1. The first-order chi connectivity index (χ1) is 15.9. The van der Waals surface area contributed by atoms with Crippen LogP contribution in [0.25, 0.3) is 16.9 Å². The zero-order valence-electron chi connectivity index (χ0n) is 19.0. The Hall–Kier alpha value is -3.93. The summed E-state index contributed by atoms with van der Waals surface area (Å²) in [6.45, 7) is 6.43. The molecule has 4 aromatic rings. The molecule has 0 saturated carbocycles. The maximum absolute atomic E-state index is 13.1. The van der Waals surface area contributed by atoms with Gasteiger partial charge in [-0.1, -0.05) is 24.3 Å². The molecule has 0 unspecified atom stereocenters. The summed E-state index contributed by atoms with van der Waals surface area (Å²) in [4.78, 5) is 32.1. The van der Waals surface area contributed by atoms with E-state index in [0.717, 1.165) is 39.4 Å². The van der Waals surface area contributed by atoms with Crippen molar-refractivity contribution in [2.75, 3.05) is 16.8 Å². The molecular formula is C27H26N4O2. The predicted molar refractivity (Wildman–Crippen MR) is 130 cm³/mol. The van der Waals surface area contributed by atoms with Crippen molar-refractivity contribution >= 4 is 28.8 Å². The molecular weight excluding hydrogens is 412 g/mol. The number of rotatable bonds is 4. The molecule has 0 radical (unpaired) electrons. The monoisotopic (exact) mass is 438 g/mol. The zero-order valence-corrected chi connectivity index (χ0v) is 19.0. The van der Waals surface area contributed by atoms with Crippen LogP contribution in [0.1, 0.15) is 23.1 Å². The topological polar surface area (TPSA) is 66.7 Å². The standard InChI is InChI=1S/C27H26N4O2/c1-17-8-10-22(12-19(17)3)31-15-21(14-26(31)32)27(33)29-23-13-20(9-7-18(23)2)24-16-30-11-5-4-6-25(30)28-24/h4-13,16,21H,14-15H2,1-3H3,(H,29,33)/t21-/m0/s1. The summed E-state index contributed by atoms with van der Waals surface area (Å²) in [5, 5.41) is 3.06. The number of aryl methyl sites for hydroxylation is 3. The summed E-state index contributed by atoms with van der Waals surface area (Å²) >= 11 is 0. The number of nitrogens with zero attached hydrogens (tertiary/aromatic N) is 3.